The minimum absolute atomic E-state index is 0.0959. The number of carbonyl (C=O) groups excluding carboxylic acids is 1. The van der Waals surface area contributed by atoms with E-state index in [1.54, 1.807) is 36.5 Å². The summed E-state index contributed by atoms with van der Waals surface area (Å²) in [5.41, 5.74) is 2.79. The SMILES string of the molecule is Cc1ccc(NC(=O)[C@H]2C[C@H](C(F)(F)F)CN2c2ncccn2)cc1-c1cccnn1. The monoisotopic (exact) mass is 428 g/mol. The number of aryl methyl sites for hydroxylation is 1. The number of alkyl halides is 3. The number of amides is 1. The van der Waals surface area contributed by atoms with Gasteiger partial charge in [-0.3, -0.25) is 4.79 Å². The van der Waals surface area contributed by atoms with Crippen LogP contribution in [-0.2, 0) is 4.79 Å². The van der Waals surface area contributed by atoms with Crippen molar-refractivity contribution < 1.29 is 18.0 Å². The predicted molar refractivity (Wildman–Crippen MR) is 108 cm³/mol. The summed E-state index contributed by atoms with van der Waals surface area (Å²) in [4.78, 5) is 22.4. The molecule has 160 valence electrons. The fourth-order valence-corrected chi connectivity index (χ4v) is 3.63. The Morgan fingerprint density at radius 3 is 2.58 bits per heavy atom. The van der Waals surface area contributed by atoms with Gasteiger partial charge in [-0.05, 0) is 49.2 Å². The zero-order chi connectivity index (χ0) is 22.0. The molecule has 1 aliphatic heterocycles. The molecule has 1 fully saturated rings. The molecule has 7 nitrogen and oxygen atoms in total. The van der Waals surface area contributed by atoms with E-state index in [0.717, 1.165) is 11.1 Å². The highest BCUT2D eigenvalue weighted by Crippen LogP contribution is 2.38. The number of benzene rings is 1. The number of aromatic nitrogens is 4. The molecule has 0 saturated carbocycles. The first-order chi connectivity index (χ1) is 14.8. The quantitative estimate of drug-likeness (QED) is 0.683. The molecule has 1 N–H and O–H groups in total. The smallest absolute Gasteiger partial charge is 0.328 e. The lowest BCUT2D eigenvalue weighted by Crippen LogP contribution is -2.40. The maximum Gasteiger partial charge on any atom is 0.393 e. The lowest BCUT2D eigenvalue weighted by Gasteiger charge is -2.23. The normalized spacial score (nSPS) is 18.8. The van der Waals surface area contributed by atoms with E-state index in [0.29, 0.717) is 11.4 Å². The van der Waals surface area contributed by atoms with Crippen LogP contribution in [0.25, 0.3) is 11.3 Å². The molecule has 1 saturated heterocycles. The Bertz CT molecular complexity index is 1060. The van der Waals surface area contributed by atoms with Gasteiger partial charge in [-0.15, -0.1) is 0 Å². The largest absolute Gasteiger partial charge is 0.393 e. The van der Waals surface area contributed by atoms with Gasteiger partial charge >= 0.3 is 6.18 Å². The van der Waals surface area contributed by atoms with E-state index in [1.165, 1.54) is 17.3 Å². The summed E-state index contributed by atoms with van der Waals surface area (Å²) in [6.45, 7) is 1.53. The first kappa shape index (κ1) is 20.7. The number of carbonyl (C=O) groups is 1. The first-order valence-electron chi connectivity index (χ1n) is 9.63. The first-order valence-corrected chi connectivity index (χ1v) is 9.63. The number of nitrogens with zero attached hydrogens (tertiary/aromatic N) is 5. The lowest BCUT2D eigenvalue weighted by molar-refractivity contribution is -0.168. The van der Waals surface area contributed by atoms with Crippen LogP contribution in [0.15, 0.2) is 55.0 Å². The van der Waals surface area contributed by atoms with Crippen LogP contribution in [0.5, 0.6) is 0 Å². The van der Waals surface area contributed by atoms with Crippen LogP contribution in [0.3, 0.4) is 0 Å². The van der Waals surface area contributed by atoms with Gasteiger partial charge < -0.3 is 10.2 Å². The van der Waals surface area contributed by atoms with Crippen molar-refractivity contribution in [1.29, 1.82) is 0 Å². The van der Waals surface area contributed by atoms with Crippen molar-refractivity contribution in [3.63, 3.8) is 0 Å². The van der Waals surface area contributed by atoms with Crippen LogP contribution >= 0.6 is 0 Å². The van der Waals surface area contributed by atoms with Crippen LogP contribution in [-0.4, -0.2) is 44.8 Å². The average Bonchev–Trinajstić information content (AvgIpc) is 3.23. The van der Waals surface area contributed by atoms with Crippen molar-refractivity contribution in [2.45, 2.75) is 25.6 Å². The molecular formula is C21H19F3N6O. The molecule has 3 heterocycles. The van der Waals surface area contributed by atoms with E-state index in [-0.39, 0.29) is 18.9 Å². The average molecular weight is 428 g/mol. The number of halogens is 3. The zero-order valence-electron chi connectivity index (χ0n) is 16.5. The van der Waals surface area contributed by atoms with E-state index in [1.807, 2.05) is 13.0 Å². The highest BCUT2D eigenvalue weighted by molar-refractivity contribution is 5.97. The molecule has 0 spiro atoms. The molecule has 1 aromatic carbocycles. The van der Waals surface area contributed by atoms with E-state index >= 15 is 0 Å². The zero-order valence-corrected chi connectivity index (χ0v) is 16.5. The van der Waals surface area contributed by atoms with Gasteiger partial charge in [0.1, 0.15) is 6.04 Å². The summed E-state index contributed by atoms with van der Waals surface area (Å²) in [5, 5.41) is 10.7. The summed E-state index contributed by atoms with van der Waals surface area (Å²) >= 11 is 0. The second-order valence-corrected chi connectivity index (χ2v) is 7.32. The van der Waals surface area contributed by atoms with Crippen molar-refractivity contribution in [3.8, 4) is 11.3 Å². The van der Waals surface area contributed by atoms with Crippen LogP contribution in [0.4, 0.5) is 24.8 Å². The lowest BCUT2D eigenvalue weighted by atomic mass is 10.0. The molecule has 3 aromatic rings. The summed E-state index contributed by atoms with van der Waals surface area (Å²) in [6, 6.07) is 9.31. The van der Waals surface area contributed by atoms with E-state index < -0.39 is 24.0 Å². The molecule has 0 unspecified atom stereocenters. The molecule has 0 radical (unpaired) electrons. The van der Waals surface area contributed by atoms with Crippen LogP contribution in [0.1, 0.15) is 12.0 Å². The summed E-state index contributed by atoms with van der Waals surface area (Å²) in [5.74, 6) is -2.09. The Morgan fingerprint density at radius 1 is 1.13 bits per heavy atom. The number of nitrogens with one attached hydrogen (secondary N) is 1. The Balaban J connectivity index is 1.59. The Kier molecular flexibility index (Phi) is 5.53. The van der Waals surface area contributed by atoms with Gasteiger partial charge in [0.15, 0.2) is 0 Å². The fraction of sp³-hybridized carbons (Fsp3) is 0.286. The van der Waals surface area contributed by atoms with Crippen molar-refractivity contribution >= 4 is 17.5 Å². The fourth-order valence-electron chi connectivity index (χ4n) is 3.63. The maximum absolute atomic E-state index is 13.4. The minimum Gasteiger partial charge on any atom is -0.328 e. The standard InChI is InChI=1S/C21H19F3N6O/c1-13-5-6-15(11-16(13)17-4-2-9-27-29-17)28-19(31)18-10-14(21(22,23)24)12-30(18)20-25-7-3-8-26-20/h2-9,11,14,18H,10,12H2,1H3,(H,28,31)/t14-,18+/m0/s1. The second-order valence-electron chi connectivity index (χ2n) is 7.32. The van der Waals surface area contributed by atoms with Crippen molar-refractivity contribution in [2.75, 3.05) is 16.8 Å². The Labute approximate surface area is 176 Å². The number of hydrogen-bond donors (Lipinski definition) is 1. The summed E-state index contributed by atoms with van der Waals surface area (Å²) in [6.07, 6.45) is -0.347. The second kappa shape index (κ2) is 8.29. The van der Waals surface area contributed by atoms with Gasteiger partial charge in [-0.25, -0.2) is 9.97 Å². The highest BCUT2D eigenvalue weighted by Gasteiger charge is 2.50. The predicted octanol–water partition coefficient (Wildman–Crippen LogP) is 3.64. The molecule has 2 atom stereocenters. The number of hydrogen-bond acceptors (Lipinski definition) is 6. The van der Waals surface area contributed by atoms with Gasteiger partial charge in [0.25, 0.3) is 0 Å². The van der Waals surface area contributed by atoms with Crippen molar-refractivity contribution in [1.82, 2.24) is 20.2 Å². The van der Waals surface area contributed by atoms with Crippen LogP contribution < -0.4 is 10.2 Å². The topological polar surface area (TPSA) is 83.9 Å². The highest BCUT2D eigenvalue weighted by atomic mass is 19.4. The van der Waals surface area contributed by atoms with Crippen molar-refractivity contribution in [3.05, 3.63) is 60.6 Å². The number of rotatable bonds is 4. The summed E-state index contributed by atoms with van der Waals surface area (Å²) in [7, 11) is 0. The van der Waals surface area contributed by atoms with Gasteiger partial charge in [-0.2, -0.15) is 23.4 Å². The Hall–Kier alpha value is -3.56. The van der Waals surface area contributed by atoms with Crippen LogP contribution in [0, 0.1) is 12.8 Å². The van der Waals surface area contributed by atoms with Gasteiger partial charge in [0.2, 0.25) is 11.9 Å². The minimum atomic E-state index is -4.41. The van der Waals surface area contributed by atoms with Gasteiger partial charge in [0, 0.05) is 36.4 Å². The van der Waals surface area contributed by atoms with E-state index in [4.69, 9.17) is 0 Å². The molecule has 0 aliphatic carbocycles. The molecule has 0 bridgehead atoms. The van der Waals surface area contributed by atoms with Crippen LogP contribution in [0.2, 0.25) is 0 Å². The molecule has 1 aliphatic rings. The van der Waals surface area contributed by atoms with Gasteiger partial charge in [0.05, 0.1) is 11.6 Å². The summed E-state index contributed by atoms with van der Waals surface area (Å²) < 4.78 is 40.2. The number of anilines is 2. The molecular weight excluding hydrogens is 409 g/mol. The molecule has 4 rings (SSSR count). The third kappa shape index (κ3) is 4.47. The third-order valence-corrected chi connectivity index (χ3v) is 5.23. The van der Waals surface area contributed by atoms with E-state index in [9.17, 15) is 18.0 Å². The molecule has 1 amide bonds. The molecule has 31 heavy (non-hydrogen) atoms. The maximum atomic E-state index is 13.4. The molecule has 10 heteroatoms. The molecule has 2 aromatic heterocycles. The van der Waals surface area contributed by atoms with Crippen molar-refractivity contribution in [2.24, 2.45) is 5.92 Å². The van der Waals surface area contributed by atoms with E-state index in [2.05, 4.69) is 25.5 Å². The van der Waals surface area contributed by atoms with Gasteiger partial charge in [-0.1, -0.05) is 6.07 Å². The third-order valence-electron chi connectivity index (χ3n) is 5.23. The Morgan fingerprint density at radius 2 is 1.90 bits per heavy atom.